The summed E-state index contributed by atoms with van der Waals surface area (Å²) in [4.78, 5) is 2.22. The number of hydrogen-bond acceptors (Lipinski definition) is 3. The Kier molecular flexibility index (Phi) is 3.92. The van der Waals surface area contributed by atoms with Crippen molar-refractivity contribution < 1.29 is 5.11 Å². The van der Waals surface area contributed by atoms with E-state index >= 15 is 0 Å². The number of nitrogens with two attached hydrogens (primary N) is 1. The fourth-order valence-corrected chi connectivity index (χ4v) is 2.48. The van der Waals surface area contributed by atoms with Crippen LogP contribution in [0.5, 0.6) is 0 Å². The molecule has 0 aromatic heterocycles. The Bertz CT molecular complexity index is 387. The molecule has 17 heavy (non-hydrogen) atoms. The van der Waals surface area contributed by atoms with Gasteiger partial charge in [-0.1, -0.05) is 17.7 Å². The molecule has 1 fully saturated rings. The van der Waals surface area contributed by atoms with Crippen molar-refractivity contribution in [2.75, 3.05) is 18.0 Å². The van der Waals surface area contributed by atoms with Crippen molar-refractivity contribution in [3.8, 4) is 0 Å². The number of anilines is 1. The van der Waals surface area contributed by atoms with E-state index in [1.165, 1.54) is 0 Å². The Morgan fingerprint density at radius 2 is 2.06 bits per heavy atom. The third-order valence-electron chi connectivity index (χ3n) is 3.30. The molecule has 1 aliphatic rings. The fraction of sp³-hybridized carbons (Fsp3) is 0.538. The zero-order chi connectivity index (χ0) is 12.4. The lowest BCUT2D eigenvalue weighted by atomic mass is 10.1. The summed E-state index contributed by atoms with van der Waals surface area (Å²) in [5, 5.41) is 10.2. The van der Waals surface area contributed by atoms with Crippen LogP contribution in [0.3, 0.4) is 0 Å². The molecule has 3 nitrogen and oxygen atoms in total. The van der Waals surface area contributed by atoms with E-state index in [-0.39, 0.29) is 12.1 Å². The van der Waals surface area contributed by atoms with Gasteiger partial charge in [0.15, 0.2) is 0 Å². The van der Waals surface area contributed by atoms with E-state index < -0.39 is 0 Å². The van der Waals surface area contributed by atoms with Gasteiger partial charge in [-0.15, -0.1) is 0 Å². The van der Waals surface area contributed by atoms with Gasteiger partial charge in [0.1, 0.15) is 0 Å². The number of aliphatic hydroxyl groups excluding tert-OH is 1. The average molecular weight is 255 g/mol. The lowest BCUT2D eigenvalue weighted by Crippen LogP contribution is -2.35. The highest BCUT2D eigenvalue weighted by molar-refractivity contribution is 6.33. The summed E-state index contributed by atoms with van der Waals surface area (Å²) in [5.41, 5.74) is 7.92. The van der Waals surface area contributed by atoms with E-state index in [1.54, 1.807) is 0 Å². The van der Waals surface area contributed by atoms with Crippen LogP contribution in [0.2, 0.25) is 5.02 Å². The summed E-state index contributed by atoms with van der Waals surface area (Å²) in [6.07, 6.45) is 1.46. The number of aliphatic hydroxyl groups is 1. The van der Waals surface area contributed by atoms with Crippen molar-refractivity contribution in [1.29, 1.82) is 0 Å². The van der Waals surface area contributed by atoms with Crippen LogP contribution in [0.4, 0.5) is 5.69 Å². The monoisotopic (exact) mass is 254 g/mol. The van der Waals surface area contributed by atoms with E-state index in [0.717, 1.165) is 42.2 Å². The maximum atomic E-state index is 9.48. The van der Waals surface area contributed by atoms with Gasteiger partial charge in [0.2, 0.25) is 0 Å². The molecule has 94 valence electrons. The number of piperidine rings is 1. The van der Waals surface area contributed by atoms with Crippen LogP contribution >= 0.6 is 11.6 Å². The summed E-state index contributed by atoms with van der Waals surface area (Å²) >= 11 is 6.28. The van der Waals surface area contributed by atoms with Crippen LogP contribution in [-0.4, -0.2) is 24.3 Å². The molecule has 0 unspecified atom stereocenters. The minimum atomic E-state index is -0.159. The summed E-state index contributed by atoms with van der Waals surface area (Å²) in [5.74, 6) is 0. The molecule has 0 spiro atoms. The molecule has 1 saturated heterocycles. The molecule has 0 saturated carbocycles. The molecule has 1 atom stereocenters. The molecule has 0 radical (unpaired) electrons. The molecule has 2 rings (SSSR count). The first-order chi connectivity index (χ1) is 8.08. The molecule has 0 bridgehead atoms. The SMILES string of the molecule is C[C@@H](N)c1ccc(N2CCC(O)CC2)c(Cl)c1. The lowest BCUT2D eigenvalue weighted by molar-refractivity contribution is 0.145. The Balaban J connectivity index is 2.16. The van der Waals surface area contributed by atoms with Crippen LogP contribution in [0, 0.1) is 0 Å². The molecule has 1 aromatic carbocycles. The van der Waals surface area contributed by atoms with Gasteiger partial charge in [0.25, 0.3) is 0 Å². The van der Waals surface area contributed by atoms with Gasteiger partial charge in [0.05, 0.1) is 16.8 Å². The molecule has 3 N–H and O–H groups in total. The second-order valence-electron chi connectivity index (χ2n) is 4.72. The van der Waals surface area contributed by atoms with Crippen molar-refractivity contribution >= 4 is 17.3 Å². The molecule has 0 aliphatic carbocycles. The molecule has 0 amide bonds. The van der Waals surface area contributed by atoms with Crippen LogP contribution < -0.4 is 10.6 Å². The number of rotatable bonds is 2. The number of nitrogens with zero attached hydrogens (tertiary/aromatic N) is 1. The normalized spacial score (nSPS) is 19.4. The average Bonchev–Trinajstić information content (AvgIpc) is 2.30. The Labute approximate surface area is 107 Å². The van der Waals surface area contributed by atoms with Crippen molar-refractivity contribution in [3.63, 3.8) is 0 Å². The van der Waals surface area contributed by atoms with Crippen LogP contribution in [0.15, 0.2) is 18.2 Å². The Morgan fingerprint density at radius 3 is 2.59 bits per heavy atom. The second-order valence-corrected chi connectivity index (χ2v) is 5.12. The van der Waals surface area contributed by atoms with E-state index in [1.807, 2.05) is 25.1 Å². The zero-order valence-corrected chi connectivity index (χ0v) is 10.8. The van der Waals surface area contributed by atoms with E-state index in [0.29, 0.717) is 0 Å². The zero-order valence-electron chi connectivity index (χ0n) is 10.1. The smallest absolute Gasteiger partial charge is 0.0642 e. The van der Waals surface area contributed by atoms with Crippen LogP contribution in [0.1, 0.15) is 31.4 Å². The van der Waals surface area contributed by atoms with Gasteiger partial charge >= 0.3 is 0 Å². The molecular weight excluding hydrogens is 236 g/mol. The van der Waals surface area contributed by atoms with Crippen LogP contribution in [0.25, 0.3) is 0 Å². The van der Waals surface area contributed by atoms with Crippen molar-refractivity contribution in [1.82, 2.24) is 0 Å². The van der Waals surface area contributed by atoms with Gasteiger partial charge in [0, 0.05) is 19.1 Å². The maximum absolute atomic E-state index is 9.48. The predicted octanol–water partition coefficient (Wildman–Crippen LogP) is 2.32. The standard InChI is InChI=1S/C13H19ClN2O/c1-9(15)10-2-3-13(12(14)8-10)16-6-4-11(17)5-7-16/h2-3,8-9,11,17H,4-7,15H2,1H3/t9-/m1/s1. The first-order valence-corrected chi connectivity index (χ1v) is 6.44. The van der Waals surface area contributed by atoms with Gasteiger partial charge in [-0.25, -0.2) is 0 Å². The summed E-state index contributed by atoms with van der Waals surface area (Å²) < 4.78 is 0. The third kappa shape index (κ3) is 2.92. The van der Waals surface area contributed by atoms with Crippen molar-refractivity contribution in [3.05, 3.63) is 28.8 Å². The highest BCUT2D eigenvalue weighted by Gasteiger charge is 2.19. The number of benzene rings is 1. The largest absolute Gasteiger partial charge is 0.393 e. The molecular formula is C13H19ClN2O. The number of halogens is 1. The summed E-state index contributed by atoms with van der Waals surface area (Å²) in [6, 6.07) is 5.99. The maximum Gasteiger partial charge on any atom is 0.0642 e. The topological polar surface area (TPSA) is 49.5 Å². The molecule has 1 aromatic rings. The summed E-state index contributed by atoms with van der Waals surface area (Å²) in [6.45, 7) is 3.67. The van der Waals surface area contributed by atoms with E-state index in [9.17, 15) is 5.11 Å². The molecule has 1 heterocycles. The second kappa shape index (κ2) is 5.25. The van der Waals surface area contributed by atoms with Crippen molar-refractivity contribution in [2.45, 2.75) is 31.9 Å². The van der Waals surface area contributed by atoms with Crippen molar-refractivity contribution in [2.24, 2.45) is 5.73 Å². The molecule has 1 aliphatic heterocycles. The Morgan fingerprint density at radius 1 is 1.41 bits per heavy atom. The lowest BCUT2D eigenvalue weighted by Gasteiger charge is -2.32. The first kappa shape index (κ1) is 12.7. The van der Waals surface area contributed by atoms with Gasteiger partial charge in [-0.2, -0.15) is 0 Å². The highest BCUT2D eigenvalue weighted by Crippen LogP contribution is 2.30. The van der Waals surface area contributed by atoms with Gasteiger partial charge in [-0.05, 0) is 37.5 Å². The fourth-order valence-electron chi connectivity index (χ4n) is 2.17. The quantitative estimate of drug-likeness (QED) is 0.852. The molecule has 4 heteroatoms. The predicted molar refractivity (Wildman–Crippen MR) is 71.5 cm³/mol. The Hall–Kier alpha value is -0.770. The van der Waals surface area contributed by atoms with Crippen LogP contribution in [-0.2, 0) is 0 Å². The van der Waals surface area contributed by atoms with E-state index in [2.05, 4.69) is 4.90 Å². The first-order valence-electron chi connectivity index (χ1n) is 6.06. The number of hydrogen-bond donors (Lipinski definition) is 2. The minimum Gasteiger partial charge on any atom is -0.393 e. The van der Waals surface area contributed by atoms with E-state index in [4.69, 9.17) is 17.3 Å². The van der Waals surface area contributed by atoms with Gasteiger partial charge in [-0.3, -0.25) is 0 Å². The summed E-state index contributed by atoms with van der Waals surface area (Å²) in [7, 11) is 0. The minimum absolute atomic E-state index is 0.00438. The van der Waals surface area contributed by atoms with Gasteiger partial charge < -0.3 is 15.7 Å². The third-order valence-corrected chi connectivity index (χ3v) is 3.61. The highest BCUT2D eigenvalue weighted by atomic mass is 35.5.